The Labute approximate surface area is 113 Å². The fourth-order valence-electron chi connectivity index (χ4n) is 1.60. The Morgan fingerprint density at radius 2 is 1.95 bits per heavy atom. The molecule has 0 spiro atoms. The van der Waals surface area contributed by atoms with Gasteiger partial charge in [-0.15, -0.1) is 0 Å². The largest absolute Gasteiger partial charge is 0.384 e. The van der Waals surface area contributed by atoms with Crippen LogP contribution in [0.15, 0.2) is 30.3 Å². The van der Waals surface area contributed by atoms with Gasteiger partial charge in [-0.3, -0.25) is 9.59 Å². The van der Waals surface area contributed by atoms with E-state index in [1.54, 1.807) is 4.90 Å². The van der Waals surface area contributed by atoms with Gasteiger partial charge < -0.3 is 15.3 Å². The average molecular weight is 264 g/mol. The van der Waals surface area contributed by atoms with E-state index in [1.807, 2.05) is 37.3 Å². The Hall–Kier alpha value is -1.88. The van der Waals surface area contributed by atoms with Gasteiger partial charge in [-0.2, -0.15) is 0 Å². The minimum Gasteiger partial charge on any atom is -0.384 e. The normalized spacial score (nSPS) is 11.7. The van der Waals surface area contributed by atoms with E-state index in [1.165, 1.54) is 6.92 Å². The van der Waals surface area contributed by atoms with Crippen molar-refractivity contribution >= 4 is 11.8 Å². The second-order valence-corrected chi connectivity index (χ2v) is 4.29. The summed E-state index contributed by atoms with van der Waals surface area (Å²) in [5, 5.41) is 11.4. The van der Waals surface area contributed by atoms with Crippen LogP contribution in [0.2, 0.25) is 0 Å². The van der Waals surface area contributed by atoms with Crippen LogP contribution in [0.4, 0.5) is 0 Å². The summed E-state index contributed by atoms with van der Waals surface area (Å²) in [6.45, 7) is 4.24. The summed E-state index contributed by atoms with van der Waals surface area (Å²) in [5.74, 6) is -0.704. The van der Waals surface area contributed by atoms with E-state index in [0.717, 1.165) is 5.56 Å². The highest BCUT2D eigenvalue weighted by atomic mass is 16.3. The zero-order chi connectivity index (χ0) is 14.3. The van der Waals surface area contributed by atoms with Crippen LogP contribution < -0.4 is 5.32 Å². The van der Waals surface area contributed by atoms with Gasteiger partial charge in [0.05, 0.1) is 6.54 Å². The molecule has 0 saturated heterocycles. The SMILES string of the molecule is CCN(Cc1ccccc1)C(=O)CNC(=O)C(C)O. The molecule has 0 saturated carbocycles. The van der Waals surface area contributed by atoms with Gasteiger partial charge in [0.25, 0.3) is 0 Å². The van der Waals surface area contributed by atoms with Crippen molar-refractivity contribution in [3.05, 3.63) is 35.9 Å². The molecular formula is C14H20N2O3. The molecule has 1 rings (SSSR count). The highest BCUT2D eigenvalue weighted by molar-refractivity contribution is 5.86. The zero-order valence-corrected chi connectivity index (χ0v) is 11.3. The van der Waals surface area contributed by atoms with Crippen LogP contribution in [0, 0.1) is 0 Å². The second-order valence-electron chi connectivity index (χ2n) is 4.29. The number of benzene rings is 1. The van der Waals surface area contributed by atoms with Gasteiger partial charge in [-0.05, 0) is 19.4 Å². The predicted octanol–water partition coefficient (Wildman–Crippen LogP) is 0.532. The molecule has 0 aliphatic heterocycles. The van der Waals surface area contributed by atoms with Gasteiger partial charge in [-0.1, -0.05) is 30.3 Å². The molecule has 0 radical (unpaired) electrons. The molecule has 19 heavy (non-hydrogen) atoms. The highest BCUT2D eigenvalue weighted by Gasteiger charge is 2.15. The van der Waals surface area contributed by atoms with E-state index in [9.17, 15) is 9.59 Å². The quantitative estimate of drug-likeness (QED) is 0.787. The summed E-state index contributed by atoms with van der Waals surface area (Å²) >= 11 is 0. The summed E-state index contributed by atoms with van der Waals surface area (Å²) < 4.78 is 0. The molecule has 1 aromatic carbocycles. The lowest BCUT2D eigenvalue weighted by Gasteiger charge is -2.21. The van der Waals surface area contributed by atoms with Gasteiger partial charge in [0, 0.05) is 13.1 Å². The van der Waals surface area contributed by atoms with Crippen LogP contribution in [-0.2, 0) is 16.1 Å². The van der Waals surface area contributed by atoms with Crippen molar-refractivity contribution in [2.45, 2.75) is 26.5 Å². The molecule has 5 nitrogen and oxygen atoms in total. The molecule has 0 aliphatic carbocycles. The van der Waals surface area contributed by atoms with Crippen LogP contribution in [0.3, 0.4) is 0 Å². The van der Waals surface area contributed by atoms with E-state index in [4.69, 9.17) is 5.11 Å². The zero-order valence-electron chi connectivity index (χ0n) is 11.3. The Morgan fingerprint density at radius 1 is 1.32 bits per heavy atom. The third-order valence-corrected chi connectivity index (χ3v) is 2.74. The smallest absolute Gasteiger partial charge is 0.248 e. The number of carbonyl (C=O) groups excluding carboxylic acids is 2. The van der Waals surface area contributed by atoms with Crippen molar-refractivity contribution in [2.75, 3.05) is 13.1 Å². The maximum absolute atomic E-state index is 11.9. The third kappa shape index (κ3) is 5.09. The monoisotopic (exact) mass is 264 g/mol. The van der Waals surface area contributed by atoms with Gasteiger partial charge in [0.2, 0.25) is 11.8 Å². The first kappa shape index (κ1) is 15.2. The van der Waals surface area contributed by atoms with Gasteiger partial charge in [0.15, 0.2) is 0 Å². The minimum atomic E-state index is -1.10. The van der Waals surface area contributed by atoms with E-state index >= 15 is 0 Å². The first-order valence-corrected chi connectivity index (χ1v) is 6.32. The molecule has 2 N–H and O–H groups in total. The molecule has 0 heterocycles. The number of amides is 2. The average Bonchev–Trinajstić information content (AvgIpc) is 2.42. The summed E-state index contributed by atoms with van der Waals surface area (Å²) in [5.41, 5.74) is 1.04. The van der Waals surface area contributed by atoms with E-state index in [-0.39, 0.29) is 12.5 Å². The molecule has 104 valence electrons. The van der Waals surface area contributed by atoms with Crippen LogP contribution in [-0.4, -0.2) is 41.0 Å². The number of likely N-dealkylation sites (N-methyl/N-ethyl adjacent to an activating group) is 1. The van der Waals surface area contributed by atoms with Crippen molar-refractivity contribution in [3.8, 4) is 0 Å². The van der Waals surface area contributed by atoms with Gasteiger partial charge in [-0.25, -0.2) is 0 Å². The standard InChI is InChI=1S/C14H20N2O3/c1-3-16(10-12-7-5-4-6-8-12)13(18)9-15-14(19)11(2)17/h4-8,11,17H,3,9-10H2,1-2H3,(H,15,19). The summed E-state index contributed by atoms with van der Waals surface area (Å²) in [4.78, 5) is 24.8. The van der Waals surface area contributed by atoms with Crippen LogP contribution in [0.25, 0.3) is 0 Å². The number of nitrogens with zero attached hydrogens (tertiary/aromatic N) is 1. The van der Waals surface area contributed by atoms with Crippen LogP contribution in [0.5, 0.6) is 0 Å². The van der Waals surface area contributed by atoms with Crippen molar-refractivity contribution in [2.24, 2.45) is 0 Å². The van der Waals surface area contributed by atoms with E-state index in [0.29, 0.717) is 13.1 Å². The van der Waals surface area contributed by atoms with E-state index < -0.39 is 12.0 Å². The summed E-state index contributed by atoms with van der Waals surface area (Å²) in [7, 11) is 0. The Kier molecular flexibility index (Phi) is 6.02. The molecule has 0 bridgehead atoms. The minimum absolute atomic E-state index is 0.0929. The molecule has 1 atom stereocenters. The summed E-state index contributed by atoms with van der Waals surface area (Å²) in [6.07, 6.45) is -1.10. The molecule has 5 heteroatoms. The molecule has 0 aromatic heterocycles. The molecule has 2 amide bonds. The number of hydrogen-bond acceptors (Lipinski definition) is 3. The van der Waals surface area contributed by atoms with Gasteiger partial charge in [0.1, 0.15) is 6.10 Å². The van der Waals surface area contributed by atoms with Crippen LogP contribution >= 0.6 is 0 Å². The first-order chi connectivity index (χ1) is 9.04. The third-order valence-electron chi connectivity index (χ3n) is 2.74. The number of nitrogens with one attached hydrogen (secondary N) is 1. The summed E-state index contributed by atoms with van der Waals surface area (Å²) in [6, 6.07) is 9.66. The fraction of sp³-hybridized carbons (Fsp3) is 0.429. The Morgan fingerprint density at radius 3 is 2.47 bits per heavy atom. The lowest BCUT2D eigenvalue weighted by Crippen LogP contribution is -2.42. The van der Waals surface area contributed by atoms with E-state index in [2.05, 4.69) is 5.32 Å². The van der Waals surface area contributed by atoms with Crippen molar-refractivity contribution < 1.29 is 14.7 Å². The number of hydrogen-bond donors (Lipinski definition) is 2. The Bertz CT molecular complexity index is 418. The van der Waals surface area contributed by atoms with Crippen LogP contribution in [0.1, 0.15) is 19.4 Å². The molecule has 1 unspecified atom stereocenters. The number of rotatable bonds is 6. The predicted molar refractivity (Wildman–Crippen MR) is 72.2 cm³/mol. The fourth-order valence-corrected chi connectivity index (χ4v) is 1.60. The number of aliphatic hydroxyl groups is 1. The van der Waals surface area contributed by atoms with Crippen molar-refractivity contribution in [1.82, 2.24) is 10.2 Å². The van der Waals surface area contributed by atoms with Gasteiger partial charge >= 0.3 is 0 Å². The number of aliphatic hydroxyl groups excluding tert-OH is 1. The first-order valence-electron chi connectivity index (χ1n) is 6.32. The topological polar surface area (TPSA) is 69.6 Å². The van der Waals surface area contributed by atoms with Crippen molar-refractivity contribution in [1.29, 1.82) is 0 Å². The maximum atomic E-state index is 11.9. The number of carbonyl (C=O) groups is 2. The molecule has 0 fully saturated rings. The Balaban J connectivity index is 2.50. The lowest BCUT2D eigenvalue weighted by atomic mass is 10.2. The highest BCUT2D eigenvalue weighted by Crippen LogP contribution is 2.04. The lowest BCUT2D eigenvalue weighted by molar-refractivity contribution is -0.135. The molecule has 0 aliphatic rings. The maximum Gasteiger partial charge on any atom is 0.248 e. The second kappa shape index (κ2) is 7.53. The molecule has 1 aromatic rings. The molecular weight excluding hydrogens is 244 g/mol. The van der Waals surface area contributed by atoms with Crippen molar-refractivity contribution in [3.63, 3.8) is 0 Å².